The van der Waals surface area contributed by atoms with Crippen LogP contribution < -0.4 is 0 Å². The van der Waals surface area contributed by atoms with Crippen molar-refractivity contribution < 1.29 is 9.90 Å². The summed E-state index contributed by atoms with van der Waals surface area (Å²) >= 11 is 3.89. The molecule has 0 radical (unpaired) electrons. The first-order valence-electron chi connectivity index (χ1n) is 5.14. The quantitative estimate of drug-likeness (QED) is 0.591. The highest BCUT2D eigenvalue weighted by atomic mass is 32.2. The molecule has 0 fully saturated rings. The largest absolute Gasteiger partial charge is 0.481 e. The molecule has 0 atom stereocenters. The molecule has 2 nitrogen and oxygen atoms in total. The molecule has 0 aliphatic carbocycles. The summed E-state index contributed by atoms with van der Waals surface area (Å²) in [6.45, 7) is 2.20. The molecule has 84 valence electrons. The number of hydrogen-bond donors (Lipinski definition) is 1. The average molecular weight is 236 g/mol. The van der Waals surface area contributed by atoms with Gasteiger partial charge in [-0.1, -0.05) is 6.92 Å². The summed E-state index contributed by atoms with van der Waals surface area (Å²) < 4.78 is 0. The Morgan fingerprint density at radius 1 is 1.07 bits per heavy atom. The highest BCUT2D eigenvalue weighted by Crippen LogP contribution is 2.10. The fraction of sp³-hybridized carbons (Fsp3) is 0.900. The van der Waals surface area contributed by atoms with Gasteiger partial charge in [-0.15, -0.1) is 0 Å². The van der Waals surface area contributed by atoms with Crippen molar-refractivity contribution in [2.45, 2.75) is 32.6 Å². The first-order chi connectivity index (χ1) is 6.77. The molecule has 0 aliphatic heterocycles. The third-order valence-corrected chi connectivity index (χ3v) is 4.03. The van der Waals surface area contributed by atoms with E-state index < -0.39 is 5.97 Å². The van der Waals surface area contributed by atoms with Gasteiger partial charge in [-0.05, 0) is 42.3 Å². The van der Waals surface area contributed by atoms with E-state index in [2.05, 4.69) is 6.92 Å². The second kappa shape index (κ2) is 11.2. The molecule has 0 unspecified atom stereocenters. The Bertz CT molecular complexity index is 140. The molecule has 0 aromatic carbocycles. The molecule has 0 saturated heterocycles. The summed E-state index contributed by atoms with van der Waals surface area (Å²) in [6.07, 6.45) is 3.64. The van der Waals surface area contributed by atoms with E-state index in [-0.39, 0.29) is 0 Å². The van der Waals surface area contributed by atoms with Gasteiger partial charge in [0.1, 0.15) is 0 Å². The minimum atomic E-state index is -0.677. The van der Waals surface area contributed by atoms with E-state index in [1.54, 1.807) is 0 Å². The molecule has 0 amide bonds. The Balaban J connectivity index is 2.88. The first-order valence-corrected chi connectivity index (χ1v) is 7.45. The molecule has 4 heteroatoms. The number of carbonyl (C=O) groups is 1. The molecular formula is C10H20O2S2. The molecule has 0 aromatic heterocycles. The maximum atomic E-state index is 10.2. The zero-order valence-corrected chi connectivity index (χ0v) is 10.5. The maximum Gasteiger partial charge on any atom is 0.303 e. The van der Waals surface area contributed by atoms with Gasteiger partial charge in [-0.2, -0.15) is 23.5 Å². The Labute approximate surface area is 95.2 Å². The lowest BCUT2D eigenvalue weighted by atomic mass is 10.3. The van der Waals surface area contributed by atoms with Crippen molar-refractivity contribution >= 4 is 29.5 Å². The Hall–Kier alpha value is 0.170. The summed E-state index contributed by atoms with van der Waals surface area (Å²) in [5.74, 6) is 4.01. The normalized spacial score (nSPS) is 10.4. The van der Waals surface area contributed by atoms with Crippen molar-refractivity contribution in [2.75, 3.05) is 23.0 Å². The van der Waals surface area contributed by atoms with E-state index >= 15 is 0 Å². The van der Waals surface area contributed by atoms with E-state index in [1.807, 2.05) is 23.5 Å². The summed E-state index contributed by atoms with van der Waals surface area (Å²) in [5, 5.41) is 8.40. The maximum absolute atomic E-state index is 10.2. The molecule has 0 heterocycles. The Morgan fingerprint density at radius 3 is 2.21 bits per heavy atom. The number of carboxylic acids is 1. The fourth-order valence-electron chi connectivity index (χ4n) is 0.937. The van der Waals surface area contributed by atoms with Gasteiger partial charge in [0.25, 0.3) is 0 Å². The van der Waals surface area contributed by atoms with Crippen LogP contribution in [0.5, 0.6) is 0 Å². The van der Waals surface area contributed by atoms with E-state index in [4.69, 9.17) is 5.11 Å². The minimum absolute atomic E-state index is 0.317. The predicted molar refractivity (Wildman–Crippen MR) is 66.4 cm³/mol. The number of hydrogen-bond acceptors (Lipinski definition) is 3. The molecular weight excluding hydrogens is 216 g/mol. The second-order valence-electron chi connectivity index (χ2n) is 3.08. The number of thioether (sulfide) groups is 2. The van der Waals surface area contributed by atoms with E-state index in [0.29, 0.717) is 6.42 Å². The van der Waals surface area contributed by atoms with Crippen LogP contribution in [0.15, 0.2) is 0 Å². The fourth-order valence-corrected chi connectivity index (χ4v) is 2.86. The lowest BCUT2D eigenvalue weighted by Gasteiger charge is -2.00. The highest BCUT2D eigenvalue weighted by Gasteiger charge is 1.96. The SMILES string of the molecule is CCCSCCCSCCCC(=O)O. The van der Waals surface area contributed by atoms with Crippen LogP contribution in [0.2, 0.25) is 0 Å². The molecule has 14 heavy (non-hydrogen) atoms. The van der Waals surface area contributed by atoms with Crippen molar-refractivity contribution in [3.05, 3.63) is 0 Å². The molecule has 0 aliphatic rings. The zero-order valence-electron chi connectivity index (χ0n) is 8.83. The molecule has 0 aromatic rings. The van der Waals surface area contributed by atoms with Crippen LogP contribution in [-0.4, -0.2) is 34.1 Å². The van der Waals surface area contributed by atoms with Crippen molar-refractivity contribution in [3.63, 3.8) is 0 Å². The van der Waals surface area contributed by atoms with Crippen molar-refractivity contribution in [1.29, 1.82) is 0 Å². The summed E-state index contributed by atoms with van der Waals surface area (Å²) in [7, 11) is 0. The monoisotopic (exact) mass is 236 g/mol. The van der Waals surface area contributed by atoms with E-state index in [9.17, 15) is 4.79 Å². The van der Waals surface area contributed by atoms with Gasteiger partial charge in [0.15, 0.2) is 0 Å². The lowest BCUT2D eigenvalue weighted by molar-refractivity contribution is -0.137. The summed E-state index contributed by atoms with van der Waals surface area (Å²) in [5.41, 5.74) is 0. The molecule has 0 saturated carbocycles. The number of aliphatic carboxylic acids is 1. The van der Waals surface area contributed by atoms with E-state index in [1.165, 1.54) is 30.1 Å². The topological polar surface area (TPSA) is 37.3 Å². The van der Waals surface area contributed by atoms with Crippen LogP contribution in [0.3, 0.4) is 0 Å². The summed E-state index contributed by atoms with van der Waals surface area (Å²) in [6, 6.07) is 0. The second-order valence-corrected chi connectivity index (χ2v) is 5.53. The van der Waals surface area contributed by atoms with Gasteiger partial charge < -0.3 is 5.11 Å². The van der Waals surface area contributed by atoms with Gasteiger partial charge in [-0.25, -0.2) is 0 Å². The van der Waals surface area contributed by atoms with Gasteiger partial charge in [-0.3, -0.25) is 4.79 Å². The van der Waals surface area contributed by atoms with Crippen molar-refractivity contribution in [1.82, 2.24) is 0 Å². The minimum Gasteiger partial charge on any atom is -0.481 e. The van der Waals surface area contributed by atoms with Crippen molar-refractivity contribution in [2.24, 2.45) is 0 Å². The predicted octanol–water partition coefficient (Wildman–Crippen LogP) is 3.12. The van der Waals surface area contributed by atoms with Crippen LogP contribution in [0.4, 0.5) is 0 Å². The zero-order chi connectivity index (χ0) is 10.6. The van der Waals surface area contributed by atoms with Crippen LogP contribution in [0.1, 0.15) is 32.6 Å². The van der Waals surface area contributed by atoms with Crippen LogP contribution in [0.25, 0.3) is 0 Å². The molecule has 1 N–H and O–H groups in total. The third kappa shape index (κ3) is 12.2. The lowest BCUT2D eigenvalue weighted by Crippen LogP contribution is -1.95. The van der Waals surface area contributed by atoms with Crippen LogP contribution >= 0.6 is 23.5 Å². The molecule has 0 bridgehead atoms. The highest BCUT2D eigenvalue weighted by molar-refractivity contribution is 8.00. The van der Waals surface area contributed by atoms with Gasteiger partial charge in [0.05, 0.1) is 0 Å². The Morgan fingerprint density at radius 2 is 1.64 bits per heavy atom. The van der Waals surface area contributed by atoms with Gasteiger partial charge in [0, 0.05) is 6.42 Å². The number of carboxylic acid groups (broad SMARTS) is 1. The Kier molecular flexibility index (Phi) is 11.4. The standard InChI is InChI=1S/C10H20O2S2/c1-2-6-13-8-4-9-14-7-3-5-10(11)12/h2-9H2,1H3,(H,11,12). The summed E-state index contributed by atoms with van der Waals surface area (Å²) in [4.78, 5) is 10.2. The van der Waals surface area contributed by atoms with Gasteiger partial charge in [0.2, 0.25) is 0 Å². The number of rotatable bonds is 10. The van der Waals surface area contributed by atoms with E-state index in [0.717, 1.165) is 12.2 Å². The van der Waals surface area contributed by atoms with Crippen molar-refractivity contribution in [3.8, 4) is 0 Å². The molecule has 0 spiro atoms. The van der Waals surface area contributed by atoms with Crippen LogP contribution in [0, 0.1) is 0 Å². The molecule has 0 rings (SSSR count). The van der Waals surface area contributed by atoms with Crippen LogP contribution in [-0.2, 0) is 4.79 Å². The van der Waals surface area contributed by atoms with Gasteiger partial charge >= 0.3 is 5.97 Å². The average Bonchev–Trinajstić information content (AvgIpc) is 2.15. The third-order valence-electron chi connectivity index (χ3n) is 1.61. The smallest absolute Gasteiger partial charge is 0.303 e. The first kappa shape index (κ1) is 14.2.